The lowest BCUT2D eigenvalue weighted by Gasteiger charge is -2.23. The summed E-state index contributed by atoms with van der Waals surface area (Å²) in [7, 11) is 0. The first-order valence-corrected chi connectivity index (χ1v) is 10.7. The summed E-state index contributed by atoms with van der Waals surface area (Å²) in [6, 6.07) is 17.8. The minimum Gasteiger partial charge on any atom is -0.489 e. The molecule has 2 N–H and O–H groups in total. The van der Waals surface area contributed by atoms with Crippen molar-refractivity contribution in [3.63, 3.8) is 0 Å². The van der Waals surface area contributed by atoms with Gasteiger partial charge in [-0.15, -0.1) is 0 Å². The Balaban J connectivity index is 1.53. The van der Waals surface area contributed by atoms with Gasteiger partial charge >= 0.3 is 0 Å². The van der Waals surface area contributed by atoms with Gasteiger partial charge in [0.25, 0.3) is 0 Å². The van der Waals surface area contributed by atoms with E-state index in [2.05, 4.69) is 11.1 Å². The highest BCUT2D eigenvalue weighted by molar-refractivity contribution is 7.97. The summed E-state index contributed by atoms with van der Waals surface area (Å²) < 4.78 is 11.4. The van der Waals surface area contributed by atoms with Gasteiger partial charge in [-0.1, -0.05) is 12.1 Å². The van der Waals surface area contributed by atoms with Crippen LogP contribution in [0.4, 0.5) is 0 Å². The number of rotatable bonds is 6. The van der Waals surface area contributed by atoms with Crippen LogP contribution in [-0.2, 0) is 11.2 Å². The average molecular weight is 419 g/mol. The molecule has 152 valence electrons. The number of nitrogens with zero attached hydrogens (tertiary/aromatic N) is 3. The molecule has 1 aliphatic rings. The van der Waals surface area contributed by atoms with E-state index in [1.807, 2.05) is 48.5 Å². The maximum Gasteiger partial charge on any atom is 0.137 e. The summed E-state index contributed by atoms with van der Waals surface area (Å²) in [5.74, 6) is 1.34. The first-order chi connectivity index (χ1) is 14.7. The Morgan fingerprint density at radius 3 is 2.67 bits per heavy atom. The minimum absolute atomic E-state index is 0.0893. The summed E-state index contributed by atoms with van der Waals surface area (Å²) in [6.45, 7) is 1.39. The van der Waals surface area contributed by atoms with Gasteiger partial charge in [0.15, 0.2) is 0 Å². The molecular weight excluding hydrogens is 396 g/mol. The molecule has 0 radical (unpaired) electrons. The van der Waals surface area contributed by atoms with Crippen LogP contribution < -0.4 is 9.88 Å². The monoisotopic (exact) mass is 418 g/mol. The van der Waals surface area contributed by atoms with E-state index in [-0.39, 0.29) is 6.10 Å². The largest absolute Gasteiger partial charge is 0.489 e. The van der Waals surface area contributed by atoms with E-state index >= 15 is 0 Å². The lowest BCUT2D eigenvalue weighted by Crippen LogP contribution is -2.26. The normalized spacial score (nSPS) is 14.3. The molecular formula is C23H22N4O2S. The summed E-state index contributed by atoms with van der Waals surface area (Å²) in [4.78, 5) is 10.1. The van der Waals surface area contributed by atoms with Gasteiger partial charge in [0, 0.05) is 35.9 Å². The molecule has 7 heteroatoms. The molecule has 0 amide bonds. The molecule has 3 aromatic rings. The van der Waals surface area contributed by atoms with Crippen LogP contribution in [0.3, 0.4) is 0 Å². The third-order valence-electron chi connectivity index (χ3n) is 4.98. The van der Waals surface area contributed by atoms with Gasteiger partial charge in [-0.3, -0.25) is 5.14 Å². The molecule has 0 aliphatic carbocycles. The smallest absolute Gasteiger partial charge is 0.137 e. The highest BCUT2D eigenvalue weighted by Gasteiger charge is 2.17. The number of ether oxygens (including phenoxy) is 2. The summed E-state index contributed by atoms with van der Waals surface area (Å²) in [5, 5.41) is 15.2. The number of nitrogens with two attached hydrogens (primary N) is 1. The number of hydrogen-bond donors (Lipinski definition) is 1. The lowest BCUT2D eigenvalue weighted by molar-refractivity contribution is 0.0254. The molecule has 4 rings (SSSR count). The number of hydrogen-bond acceptors (Lipinski definition) is 7. The van der Waals surface area contributed by atoms with Crippen molar-refractivity contribution in [2.45, 2.75) is 30.3 Å². The Labute approximate surface area is 180 Å². The molecule has 1 aromatic heterocycles. The highest BCUT2D eigenvalue weighted by atomic mass is 32.2. The van der Waals surface area contributed by atoms with E-state index in [0.29, 0.717) is 30.9 Å². The summed E-state index contributed by atoms with van der Waals surface area (Å²) in [6.07, 6.45) is 4.14. The molecule has 2 heterocycles. The van der Waals surface area contributed by atoms with Crippen LogP contribution >= 0.6 is 11.9 Å². The van der Waals surface area contributed by atoms with Crippen LogP contribution in [0.25, 0.3) is 11.3 Å². The van der Waals surface area contributed by atoms with E-state index in [9.17, 15) is 5.26 Å². The molecule has 1 saturated heterocycles. The second kappa shape index (κ2) is 9.72. The third kappa shape index (κ3) is 4.97. The average Bonchev–Trinajstić information content (AvgIpc) is 2.81. The minimum atomic E-state index is 0.0893. The first kappa shape index (κ1) is 20.4. The van der Waals surface area contributed by atoms with Gasteiger partial charge in [-0.2, -0.15) is 5.26 Å². The van der Waals surface area contributed by atoms with Crippen LogP contribution in [0.1, 0.15) is 29.8 Å². The first-order valence-electron chi connectivity index (χ1n) is 9.81. The number of nitriles is 1. The Kier molecular flexibility index (Phi) is 6.60. The molecule has 1 aliphatic heterocycles. The maximum atomic E-state index is 9.61. The van der Waals surface area contributed by atoms with Crippen molar-refractivity contribution in [3.05, 3.63) is 71.7 Å². The Bertz CT molecular complexity index is 1040. The van der Waals surface area contributed by atoms with Crippen molar-refractivity contribution < 1.29 is 9.47 Å². The van der Waals surface area contributed by atoms with Gasteiger partial charge in [-0.25, -0.2) is 9.97 Å². The topological polar surface area (TPSA) is 94.1 Å². The fraction of sp³-hybridized carbons (Fsp3) is 0.261. The zero-order valence-electron chi connectivity index (χ0n) is 16.5. The quantitative estimate of drug-likeness (QED) is 0.602. The third-order valence-corrected chi connectivity index (χ3v) is 5.53. The Hall–Kier alpha value is -2.92. The van der Waals surface area contributed by atoms with Crippen molar-refractivity contribution in [1.82, 2.24) is 9.97 Å². The van der Waals surface area contributed by atoms with Crippen LogP contribution in [-0.4, -0.2) is 29.3 Å². The van der Waals surface area contributed by atoms with Crippen molar-refractivity contribution >= 4 is 11.9 Å². The van der Waals surface area contributed by atoms with E-state index in [1.165, 1.54) is 11.9 Å². The van der Waals surface area contributed by atoms with E-state index in [4.69, 9.17) is 19.6 Å². The van der Waals surface area contributed by atoms with Gasteiger partial charge in [0.1, 0.15) is 23.7 Å². The SMILES string of the molecule is N#Cc1cc(-c2ccnc(Cc3ccc(SN)cc3)n2)ccc1OC1CCOCC1. The molecule has 30 heavy (non-hydrogen) atoms. The van der Waals surface area contributed by atoms with Crippen LogP contribution in [0.5, 0.6) is 5.75 Å². The van der Waals surface area contributed by atoms with E-state index < -0.39 is 0 Å². The van der Waals surface area contributed by atoms with Crippen molar-refractivity contribution in [2.24, 2.45) is 5.14 Å². The molecule has 0 unspecified atom stereocenters. The molecule has 0 bridgehead atoms. The van der Waals surface area contributed by atoms with Crippen LogP contribution in [0, 0.1) is 11.3 Å². The predicted molar refractivity (Wildman–Crippen MR) is 116 cm³/mol. The fourth-order valence-electron chi connectivity index (χ4n) is 3.37. The van der Waals surface area contributed by atoms with Crippen LogP contribution in [0.2, 0.25) is 0 Å². The van der Waals surface area contributed by atoms with Gasteiger partial charge in [0.05, 0.1) is 24.5 Å². The molecule has 1 fully saturated rings. The fourth-order valence-corrected chi connectivity index (χ4v) is 3.66. The van der Waals surface area contributed by atoms with E-state index in [1.54, 1.807) is 6.20 Å². The number of aromatic nitrogens is 2. The highest BCUT2D eigenvalue weighted by Crippen LogP contribution is 2.27. The second-order valence-electron chi connectivity index (χ2n) is 7.05. The van der Waals surface area contributed by atoms with Crippen molar-refractivity contribution in [2.75, 3.05) is 13.2 Å². The van der Waals surface area contributed by atoms with Crippen molar-refractivity contribution in [1.29, 1.82) is 5.26 Å². The van der Waals surface area contributed by atoms with Gasteiger partial charge < -0.3 is 9.47 Å². The molecule has 2 aromatic carbocycles. The second-order valence-corrected chi connectivity index (χ2v) is 7.76. The van der Waals surface area contributed by atoms with E-state index in [0.717, 1.165) is 40.4 Å². The van der Waals surface area contributed by atoms with Crippen molar-refractivity contribution in [3.8, 4) is 23.1 Å². The predicted octanol–water partition coefficient (Wildman–Crippen LogP) is 4.13. The summed E-state index contributed by atoms with van der Waals surface area (Å²) in [5.41, 5.74) is 3.27. The molecule has 6 nitrogen and oxygen atoms in total. The Morgan fingerprint density at radius 2 is 1.93 bits per heavy atom. The standard InChI is InChI=1S/C23H22N4O2S/c24-15-18-14-17(3-6-22(18)29-19-8-11-28-12-9-19)21-7-10-26-23(27-21)13-16-1-4-20(30-25)5-2-16/h1-7,10,14,19H,8-9,11-13,25H2. The zero-order valence-corrected chi connectivity index (χ0v) is 17.3. The number of benzene rings is 2. The zero-order chi connectivity index (χ0) is 20.8. The maximum absolute atomic E-state index is 9.61. The summed E-state index contributed by atoms with van der Waals surface area (Å²) >= 11 is 1.22. The molecule has 0 spiro atoms. The van der Waals surface area contributed by atoms with Gasteiger partial charge in [-0.05, 0) is 53.9 Å². The molecule has 0 atom stereocenters. The lowest BCUT2D eigenvalue weighted by atomic mass is 10.1. The molecule has 0 saturated carbocycles. The van der Waals surface area contributed by atoms with Crippen LogP contribution in [0.15, 0.2) is 59.6 Å². The Morgan fingerprint density at radius 1 is 1.13 bits per heavy atom. The van der Waals surface area contributed by atoms with Gasteiger partial charge in [0.2, 0.25) is 0 Å².